The predicted molar refractivity (Wildman–Crippen MR) is 140 cm³/mol. The first-order valence-corrected chi connectivity index (χ1v) is 12.5. The third-order valence-electron chi connectivity index (χ3n) is 6.77. The number of aryl methyl sites for hydroxylation is 2. The molecule has 3 aromatic carbocycles. The van der Waals surface area contributed by atoms with Gasteiger partial charge in [-0.05, 0) is 61.2 Å². The minimum Gasteiger partial charge on any atom is -0.492 e. The van der Waals surface area contributed by atoms with Gasteiger partial charge in [0.05, 0.1) is 17.6 Å². The van der Waals surface area contributed by atoms with Gasteiger partial charge >= 0.3 is 0 Å². The number of nitrogens with zero attached hydrogens (tertiary/aromatic N) is 3. The van der Waals surface area contributed by atoms with E-state index in [9.17, 15) is 4.79 Å². The van der Waals surface area contributed by atoms with E-state index in [-0.39, 0.29) is 11.8 Å². The number of carbonyl (C=O) groups excluding carboxylic acids is 1. The van der Waals surface area contributed by atoms with Gasteiger partial charge in [-0.2, -0.15) is 0 Å². The van der Waals surface area contributed by atoms with E-state index in [4.69, 9.17) is 21.3 Å². The number of amides is 1. The van der Waals surface area contributed by atoms with Gasteiger partial charge in [-0.25, -0.2) is 4.98 Å². The van der Waals surface area contributed by atoms with E-state index in [1.807, 2.05) is 67.3 Å². The molecule has 5 nitrogen and oxygen atoms in total. The van der Waals surface area contributed by atoms with Crippen LogP contribution in [-0.2, 0) is 17.8 Å². The van der Waals surface area contributed by atoms with Gasteiger partial charge in [-0.1, -0.05) is 54.1 Å². The minimum absolute atomic E-state index is 0.0747. The lowest BCUT2D eigenvalue weighted by atomic mass is 10.1. The average molecular weight is 488 g/mol. The molecule has 1 aliphatic heterocycles. The molecule has 1 fully saturated rings. The van der Waals surface area contributed by atoms with Crippen LogP contribution in [0.2, 0.25) is 5.02 Å². The fourth-order valence-electron chi connectivity index (χ4n) is 4.96. The van der Waals surface area contributed by atoms with Crippen molar-refractivity contribution in [1.82, 2.24) is 14.5 Å². The first-order chi connectivity index (χ1) is 17.0. The third kappa shape index (κ3) is 5.06. The summed E-state index contributed by atoms with van der Waals surface area (Å²) in [5.41, 5.74) is 5.30. The number of fused-ring (bicyclic) bond motifs is 1. The Morgan fingerprint density at radius 2 is 1.71 bits per heavy atom. The van der Waals surface area contributed by atoms with Crippen LogP contribution >= 0.6 is 11.6 Å². The molecule has 0 N–H and O–H groups in total. The fraction of sp³-hybridized carbons (Fsp3) is 0.310. The molecule has 1 atom stereocenters. The lowest BCUT2D eigenvalue weighted by Gasteiger charge is -2.18. The summed E-state index contributed by atoms with van der Waals surface area (Å²) < 4.78 is 8.33. The molecule has 2 heterocycles. The molecule has 0 bridgehead atoms. The lowest BCUT2D eigenvalue weighted by Crippen LogP contribution is -2.27. The van der Waals surface area contributed by atoms with Gasteiger partial charge in [0.1, 0.15) is 18.2 Å². The Hall–Kier alpha value is -3.31. The smallest absolute Gasteiger partial charge is 0.223 e. The van der Waals surface area contributed by atoms with Gasteiger partial charge < -0.3 is 14.2 Å². The van der Waals surface area contributed by atoms with Crippen LogP contribution in [0.15, 0.2) is 66.7 Å². The van der Waals surface area contributed by atoms with E-state index in [0.29, 0.717) is 26.1 Å². The van der Waals surface area contributed by atoms with Crippen LogP contribution in [0, 0.1) is 13.8 Å². The number of para-hydroxylation sites is 2. The zero-order valence-corrected chi connectivity index (χ0v) is 21.0. The van der Waals surface area contributed by atoms with Crippen LogP contribution in [0.25, 0.3) is 11.0 Å². The van der Waals surface area contributed by atoms with E-state index in [2.05, 4.69) is 22.8 Å². The Morgan fingerprint density at radius 1 is 1.00 bits per heavy atom. The molecule has 1 amide bonds. The Balaban J connectivity index is 1.32. The average Bonchev–Trinajstić information content (AvgIpc) is 3.42. The number of rotatable bonds is 8. The Labute approximate surface area is 211 Å². The van der Waals surface area contributed by atoms with Crippen LogP contribution in [0.4, 0.5) is 0 Å². The topological polar surface area (TPSA) is 47.4 Å². The van der Waals surface area contributed by atoms with Crippen molar-refractivity contribution in [3.63, 3.8) is 0 Å². The van der Waals surface area contributed by atoms with Gasteiger partial charge in [0.2, 0.25) is 5.91 Å². The number of halogens is 1. The molecule has 1 aromatic heterocycles. The Bertz CT molecular complexity index is 1330. The summed E-state index contributed by atoms with van der Waals surface area (Å²) in [6, 6.07) is 22.4. The SMILES string of the molecule is Cc1cc(OCCn2c(C3CC(=O)N(CCc4ccccc4)C3)nc3ccccc32)cc(C)c1Cl. The zero-order chi connectivity index (χ0) is 24.4. The second-order valence-electron chi connectivity index (χ2n) is 9.31. The van der Waals surface area contributed by atoms with E-state index < -0.39 is 0 Å². The molecular formula is C29H30ClN3O2. The number of likely N-dealkylation sites (tertiary alicyclic amines) is 1. The van der Waals surface area contributed by atoms with Gasteiger partial charge in [0, 0.05) is 30.5 Å². The molecule has 6 heteroatoms. The number of ether oxygens (including phenoxy) is 1. The van der Waals surface area contributed by atoms with E-state index in [1.54, 1.807) is 0 Å². The molecule has 4 aromatic rings. The van der Waals surface area contributed by atoms with Crippen molar-refractivity contribution in [2.45, 2.75) is 39.2 Å². The third-order valence-corrected chi connectivity index (χ3v) is 7.37. The molecular weight excluding hydrogens is 458 g/mol. The number of hydrogen-bond donors (Lipinski definition) is 0. The zero-order valence-electron chi connectivity index (χ0n) is 20.2. The molecule has 0 aliphatic carbocycles. The van der Waals surface area contributed by atoms with Gasteiger partial charge in [-0.3, -0.25) is 4.79 Å². The molecule has 0 radical (unpaired) electrons. The number of hydrogen-bond acceptors (Lipinski definition) is 3. The molecule has 35 heavy (non-hydrogen) atoms. The maximum Gasteiger partial charge on any atom is 0.223 e. The lowest BCUT2D eigenvalue weighted by molar-refractivity contribution is -0.127. The van der Waals surface area contributed by atoms with Crippen molar-refractivity contribution < 1.29 is 9.53 Å². The maximum absolute atomic E-state index is 12.8. The maximum atomic E-state index is 12.8. The number of imidazole rings is 1. The second kappa shape index (κ2) is 10.1. The minimum atomic E-state index is 0.0747. The largest absolute Gasteiger partial charge is 0.492 e. The van der Waals surface area contributed by atoms with Crippen molar-refractivity contribution in [2.24, 2.45) is 0 Å². The number of benzene rings is 3. The Kier molecular flexibility index (Phi) is 6.78. The fourth-order valence-corrected chi connectivity index (χ4v) is 5.06. The number of aromatic nitrogens is 2. The van der Waals surface area contributed by atoms with Crippen molar-refractivity contribution in [3.05, 3.63) is 94.3 Å². The van der Waals surface area contributed by atoms with Crippen LogP contribution in [0.3, 0.4) is 0 Å². The highest BCUT2D eigenvalue weighted by atomic mass is 35.5. The number of carbonyl (C=O) groups is 1. The van der Waals surface area contributed by atoms with Gasteiger partial charge in [-0.15, -0.1) is 0 Å². The van der Waals surface area contributed by atoms with E-state index >= 15 is 0 Å². The molecule has 1 aliphatic rings. The van der Waals surface area contributed by atoms with Gasteiger partial charge in [0.15, 0.2) is 0 Å². The predicted octanol–water partition coefficient (Wildman–Crippen LogP) is 5.94. The standard InChI is InChI=1S/C29H30ClN3O2/c1-20-16-24(17-21(2)28(20)30)35-15-14-33-26-11-7-6-10-25(26)31-29(33)23-18-27(34)32(19-23)13-12-22-8-4-3-5-9-22/h3-11,16-17,23H,12-15,18-19H2,1-2H3. The summed E-state index contributed by atoms with van der Waals surface area (Å²) in [6.45, 7) is 6.58. The highest BCUT2D eigenvalue weighted by Gasteiger charge is 2.33. The molecule has 1 saturated heterocycles. The monoisotopic (exact) mass is 487 g/mol. The van der Waals surface area contributed by atoms with Crippen molar-refractivity contribution in [3.8, 4) is 5.75 Å². The summed E-state index contributed by atoms with van der Waals surface area (Å²) in [7, 11) is 0. The molecule has 0 spiro atoms. The summed E-state index contributed by atoms with van der Waals surface area (Å²) >= 11 is 6.31. The van der Waals surface area contributed by atoms with Gasteiger partial charge in [0.25, 0.3) is 0 Å². The van der Waals surface area contributed by atoms with Crippen LogP contribution in [0.1, 0.15) is 34.9 Å². The highest BCUT2D eigenvalue weighted by molar-refractivity contribution is 6.32. The Morgan fingerprint density at radius 3 is 2.49 bits per heavy atom. The van der Waals surface area contributed by atoms with Crippen LogP contribution < -0.4 is 4.74 Å². The van der Waals surface area contributed by atoms with E-state index in [0.717, 1.165) is 51.7 Å². The molecule has 5 rings (SSSR count). The van der Waals surface area contributed by atoms with Crippen molar-refractivity contribution in [1.29, 1.82) is 0 Å². The van der Waals surface area contributed by atoms with Crippen molar-refractivity contribution in [2.75, 3.05) is 19.7 Å². The van der Waals surface area contributed by atoms with Crippen LogP contribution in [0.5, 0.6) is 5.75 Å². The molecule has 180 valence electrons. The second-order valence-corrected chi connectivity index (χ2v) is 9.68. The highest BCUT2D eigenvalue weighted by Crippen LogP contribution is 2.31. The molecule has 1 unspecified atom stereocenters. The summed E-state index contributed by atoms with van der Waals surface area (Å²) in [5.74, 6) is 2.06. The molecule has 0 saturated carbocycles. The summed E-state index contributed by atoms with van der Waals surface area (Å²) in [5, 5.41) is 0.781. The van der Waals surface area contributed by atoms with Crippen LogP contribution in [-0.4, -0.2) is 40.1 Å². The quantitative estimate of drug-likeness (QED) is 0.309. The summed E-state index contributed by atoms with van der Waals surface area (Å²) in [4.78, 5) is 19.8. The van der Waals surface area contributed by atoms with Crippen molar-refractivity contribution >= 4 is 28.5 Å². The first kappa shape index (κ1) is 23.4. The summed E-state index contributed by atoms with van der Waals surface area (Å²) in [6.07, 6.45) is 1.36. The van der Waals surface area contributed by atoms with E-state index in [1.165, 1.54) is 5.56 Å². The first-order valence-electron chi connectivity index (χ1n) is 12.2. The normalized spacial score (nSPS) is 15.8.